The third-order valence-corrected chi connectivity index (χ3v) is 3.45. The van der Waals surface area contributed by atoms with E-state index in [1.165, 1.54) is 23.5 Å². The first-order valence-corrected chi connectivity index (χ1v) is 7.14. The molecule has 21 heavy (non-hydrogen) atoms. The molecule has 1 atom stereocenters. The van der Waals surface area contributed by atoms with E-state index in [9.17, 15) is 18.3 Å². The molecule has 0 fully saturated rings. The molecule has 2 aromatic rings. The molecule has 3 nitrogen and oxygen atoms in total. The highest BCUT2D eigenvalue weighted by atomic mass is 32.1. The number of rotatable bonds is 6. The van der Waals surface area contributed by atoms with Crippen LogP contribution in [0.4, 0.5) is 13.2 Å². The standard InChI is InChI=1S/C14H14F3NO2S/c15-14(16,17)20-12-3-1-10(2-4-12)7-18-8-13(19)11-5-6-21-9-11/h1-6,9,13,18-19H,7-8H2. The first kappa shape index (κ1) is 15.8. The van der Waals surface area contributed by atoms with E-state index >= 15 is 0 Å². The van der Waals surface area contributed by atoms with E-state index in [1.807, 2.05) is 16.8 Å². The van der Waals surface area contributed by atoms with E-state index in [2.05, 4.69) is 10.1 Å². The summed E-state index contributed by atoms with van der Waals surface area (Å²) in [5.74, 6) is -0.246. The molecule has 2 N–H and O–H groups in total. The SMILES string of the molecule is OC(CNCc1ccc(OC(F)(F)F)cc1)c1ccsc1. The van der Waals surface area contributed by atoms with Crippen LogP contribution in [0.2, 0.25) is 0 Å². The van der Waals surface area contributed by atoms with Gasteiger partial charge < -0.3 is 15.2 Å². The van der Waals surface area contributed by atoms with Crippen molar-refractivity contribution in [1.82, 2.24) is 5.32 Å². The van der Waals surface area contributed by atoms with Crippen LogP contribution in [0.25, 0.3) is 0 Å². The van der Waals surface area contributed by atoms with Crippen molar-refractivity contribution in [2.24, 2.45) is 0 Å². The van der Waals surface area contributed by atoms with Crippen LogP contribution in [0.3, 0.4) is 0 Å². The highest BCUT2D eigenvalue weighted by molar-refractivity contribution is 7.07. The van der Waals surface area contributed by atoms with E-state index in [-0.39, 0.29) is 5.75 Å². The number of benzene rings is 1. The Morgan fingerprint density at radius 1 is 1.19 bits per heavy atom. The summed E-state index contributed by atoms with van der Waals surface area (Å²) < 4.78 is 39.8. The zero-order valence-electron chi connectivity index (χ0n) is 10.9. The molecule has 0 aliphatic rings. The van der Waals surface area contributed by atoms with Crippen molar-refractivity contribution in [2.75, 3.05) is 6.54 Å². The summed E-state index contributed by atoms with van der Waals surface area (Å²) in [6, 6.07) is 7.47. The second-order valence-corrected chi connectivity index (χ2v) is 5.18. The van der Waals surface area contributed by atoms with E-state index in [1.54, 1.807) is 12.1 Å². The molecular formula is C14H14F3NO2S. The second kappa shape index (κ2) is 6.93. The number of hydrogen-bond donors (Lipinski definition) is 2. The number of alkyl halides is 3. The molecule has 0 aliphatic carbocycles. The first-order chi connectivity index (χ1) is 9.94. The van der Waals surface area contributed by atoms with Crippen LogP contribution in [-0.2, 0) is 6.54 Å². The van der Waals surface area contributed by atoms with Gasteiger partial charge in [0.2, 0.25) is 0 Å². The minimum absolute atomic E-state index is 0.246. The number of halogens is 3. The first-order valence-electron chi connectivity index (χ1n) is 6.19. The summed E-state index contributed by atoms with van der Waals surface area (Å²) in [6.07, 6.45) is -5.27. The Balaban J connectivity index is 1.78. The van der Waals surface area contributed by atoms with Gasteiger partial charge in [0.1, 0.15) is 5.75 Å². The monoisotopic (exact) mass is 317 g/mol. The minimum atomic E-state index is -4.68. The molecule has 0 radical (unpaired) electrons. The molecule has 1 heterocycles. The van der Waals surface area contributed by atoms with Crippen molar-refractivity contribution >= 4 is 11.3 Å². The van der Waals surface area contributed by atoms with Crippen LogP contribution in [-0.4, -0.2) is 18.0 Å². The quantitative estimate of drug-likeness (QED) is 0.857. The molecule has 7 heteroatoms. The molecule has 1 aromatic heterocycles. The molecule has 0 saturated carbocycles. The van der Waals surface area contributed by atoms with Gasteiger partial charge >= 0.3 is 6.36 Å². The van der Waals surface area contributed by atoms with Gasteiger partial charge in [0.05, 0.1) is 6.10 Å². The summed E-state index contributed by atoms with van der Waals surface area (Å²) in [4.78, 5) is 0. The highest BCUT2D eigenvalue weighted by Gasteiger charge is 2.30. The number of hydrogen-bond acceptors (Lipinski definition) is 4. The summed E-state index contributed by atoms with van der Waals surface area (Å²) in [5, 5.41) is 16.7. The van der Waals surface area contributed by atoms with Gasteiger partial charge in [0.15, 0.2) is 0 Å². The van der Waals surface area contributed by atoms with Crippen molar-refractivity contribution in [3.63, 3.8) is 0 Å². The molecule has 0 bridgehead atoms. The van der Waals surface area contributed by atoms with Crippen LogP contribution in [0.1, 0.15) is 17.2 Å². The van der Waals surface area contributed by atoms with Crippen molar-refractivity contribution < 1.29 is 23.0 Å². The summed E-state index contributed by atoms with van der Waals surface area (Å²) >= 11 is 1.51. The zero-order chi connectivity index (χ0) is 15.3. The van der Waals surface area contributed by atoms with Gasteiger partial charge in [-0.05, 0) is 40.1 Å². The lowest BCUT2D eigenvalue weighted by atomic mass is 10.2. The lowest BCUT2D eigenvalue weighted by Crippen LogP contribution is -2.21. The van der Waals surface area contributed by atoms with Gasteiger partial charge in [0, 0.05) is 13.1 Å². The van der Waals surface area contributed by atoms with E-state index in [0.717, 1.165) is 11.1 Å². The average molecular weight is 317 g/mol. The Bertz CT molecular complexity index is 540. The summed E-state index contributed by atoms with van der Waals surface area (Å²) in [5.41, 5.74) is 1.66. The smallest absolute Gasteiger partial charge is 0.406 e. The maximum Gasteiger partial charge on any atom is 0.573 e. The largest absolute Gasteiger partial charge is 0.573 e. The molecule has 0 amide bonds. The van der Waals surface area contributed by atoms with Crippen LogP contribution in [0.5, 0.6) is 5.75 Å². The van der Waals surface area contributed by atoms with Crippen molar-refractivity contribution in [3.8, 4) is 5.75 Å². The Morgan fingerprint density at radius 2 is 1.90 bits per heavy atom. The Morgan fingerprint density at radius 3 is 2.48 bits per heavy atom. The Labute approximate surface area is 124 Å². The fraction of sp³-hybridized carbons (Fsp3) is 0.286. The van der Waals surface area contributed by atoms with Crippen molar-refractivity contribution in [1.29, 1.82) is 0 Å². The summed E-state index contributed by atoms with van der Waals surface area (Å²) in [6.45, 7) is 0.824. The molecule has 114 valence electrons. The fourth-order valence-electron chi connectivity index (χ4n) is 1.74. The van der Waals surface area contributed by atoms with Crippen molar-refractivity contribution in [3.05, 3.63) is 52.2 Å². The van der Waals surface area contributed by atoms with Crippen molar-refractivity contribution in [2.45, 2.75) is 19.0 Å². The van der Waals surface area contributed by atoms with E-state index in [0.29, 0.717) is 13.1 Å². The predicted octanol–water partition coefficient (Wildman–Crippen LogP) is 3.47. The maximum absolute atomic E-state index is 12.0. The van der Waals surface area contributed by atoms with Gasteiger partial charge in [-0.2, -0.15) is 11.3 Å². The normalized spacial score (nSPS) is 13.1. The lowest BCUT2D eigenvalue weighted by molar-refractivity contribution is -0.274. The highest BCUT2D eigenvalue weighted by Crippen LogP contribution is 2.22. The van der Waals surface area contributed by atoms with Crippen LogP contribution < -0.4 is 10.1 Å². The lowest BCUT2D eigenvalue weighted by Gasteiger charge is -2.11. The van der Waals surface area contributed by atoms with Gasteiger partial charge in [-0.25, -0.2) is 0 Å². The number of ether oxygens (including phenoxy) is 1. The fourth-order valence-corrected chi connectivity index (χ4v) is 2.45. The third kappa shape index (κ3) is 5.37. The number of aliphatic hydroxyl groups is 1. The van der Waals surface area contributed by atoms with Gasteiger partial charge in [-0.3, -0.25) is 0 Å². The zero-order valence-corrected chi connectivity index (χ0v) is 11.7. The summed E-state index contributed by atoms with van der Waals surface area (Å²) in [7, 11) is 0. The van der Waals surface area contributed by atoms with Crippen LogP contribution in [0, 0.1) is 0 Å². The van der Waals surface area contributed by atoms with Crippen LogP contribution >= 0.6 is 11.3 Å². The predicted molar refractivity (Wildman–Crippen MR) is 74.1 cm³/mol. The third-order valence-electron chi connectivity index (χ3n) is 2.75. The Hall–Kier alpha value is -1.57. The molecule has 2 rings (SSSR count). The Kier molecular flexibility index (Phi) is 5.22. The van der Waals surface area contributed by atoms with Gasteiger partial charge in [-0.1, -0.05) is 12.1 Å². The van der Waals surface area contributed by atoms with Gasteiger partial charge in [-0.15, -0.1) is 13.2 Å². The molecule has 0 saturated heterocycles. The topological polar surface area (TPSA) is 41.5 Å². The maximum atomic E-state index is 12.0. The molecule has 1 unspecified atom stereocenters. The number of thiophene rings is 1. The second-order valence-electron chi connectivity index (χ2n) is 4.40. The minimum Gasteiger partial charge on any atom is -0.406 e. The number of aliphatic hydroxyl groups excluding tert-OH is 1. The van der Waals surface area contributed by atoms with E-state index < -0.39 is 12.5 Å². The average Bonchev–Trinajstić information content (AvgIpc) is 2.93. The van der Waals surface area contributed by atoms with Gasteiger partial charge in [0.25, 0.3) is 0 Å². The molecular weight excluding hydrogens is 303 g/mol. The van der Waals surface area contributed by atoms with E-state index in [4.69, 9.17) is 0 Å². The molecule has 1 aromatic carbocycles. The van der Waals surface area contributed by atoms with Crippen LogP contribution in [0.15, 0.2) is 41.1 Å². The molecule has 0 spiro atoms. The number of nitrogens with one attached hydrogen (secondary N) is 1. The molecule has 0 aliphatic heterocycles.